The summed E-state index contributed by atoms with van der Waals surface area (Å²) in [5, 5.41) is 8.73. The van der Waals surface area contributed by atoms with Gasteiger partial charge in [0.05, 0.1) is 11.3 Å². The number of rotatable bonds is 2. The van der Waals surface area contributed by atoms with Crippen LogP contribution in [0, 0.1) is 0 Å². The lowest BCUT2D eigenvalue weighted by molar-refractivity contribution is 0.0695. The highest BCUT2D eigenvalue weighted by Gasteiger charge is 2.09. The van der Waals surface area contributed by atoms with E-state index in [0.29, 0.717) is 16.7 Å². The molecule has 12 heavy (non-hydrogen) atoms. The van der Waals surface area contributed by atoms with Gasteiger partial charge in [-0.25, -0.2) is 9.78 Å². The molecule has 4 heteroatoms. The lowest BCUT2D eigenvalue weighted by Gasteiger charge is -2.01. The van der Waals surface area contributed by atoms with Gasteiger partial charge < -0.3 is 5.11 Å². The van der Waals surface area contributed by atoms with Gasteiger partial charge in [-0.15, -0.1) is 0 Å². The van der Waals surface area contributed by atoms with Crippen LogP contribution >= 0.6 is 15.9 Å². The van der Waals surface area contributed by atoms with E-state index in [2.05, 4.69) is 20.9 Å². The number of aryl methyl sites for hydroxylation is 1. The number of hydrogen-bond acceptors (Lipinski definition) is 2. The van der Waals surface area contributed by atoms with Crippen molar-refractivity contribution in [1.29, 1.82) is 0 Å². The van der Waals surface area contributed by atoms with E-state index in [1.807, 2.05) is 6.92 Å². The number of carboxylic acids is 1. The van der Waals surface area contributed by atoms with E-state index in [9.17, 15) is 4.79 Å². The standard InChI is InChI=1S/C8H8BrNO2/c1-2-6-5(8(11)12)3-4-7(9)10-6/h3-4H,2H2,1H3,(H,11,12). The van der Waals surface area contributed by atoms with Crippen molar-refractivity contribution in [2.24, 2.45) is 0 Å². The molecule has 1 rings (SSSR count). The van der Waals surface area contributed by atoms with Gasteiger partial charge in [-0.05, 0) is 34.5 Å². The number of hydrogen-bond donors (Lipinski definition) is 1. The van der Waals surface area contributed by atoms with Crippen molar-refractivity contribution in [3.05, 3.63) is 28.0 Å². The van der Waals surface area contributed by atoms with Gasteiger partial charge in [-0.3, -0.25) is 0 Å². The Morgan fingerprint density at radius 2 is 2.33 bits per heavy atom. The van der Waals surface area contributed by atoms with Crippen molar-refractivity contribution in [2.75, 3.05) is 0 Å². The topological polar surface area (TPSA) is 50.2 Å². The van der Waals surface area contributed by atoms with Gasteiger partial charge in [0.2, 0.25) is 0 Å². The number of halogens is 1. The van der Waals surface area contributed by atoms with E-state index >= 15 is 0 Å². The first-order chi connectivity index (χ1) is 5.65. The van der Waals surface area contributed by atoms with Gasteiger partial charge in [0, 0.05) is 0 Å². The van der Waals surface area contributed by atoms with Crippen molar-refractivity contribution < 1.29 is 9.90 Å². The number of carboxylic acid groups (broad SMARTS) is 1. The summed E-state index contributed by atoms with van der Waals surface area (Å²) in [6.07, 6.45) is 0.626. The van der Waals surface area contributed by atoms with Gasteiger partial charge in [0.15, 0.2) is 0 Å². The monoisotopic (exact) mass is 229 g/mol. The molecule has 3 nitrogen and oxygen atoms in total. The summed E-state index contributed by atoms with van der Waals surface area (Å²) in [6, 6.07) is 3.18. The third-order valence-electron chi connectivity index (χ3n) is 1.51. The number of aromatic carboxylic acids is 1. The molecule has 0 aliphatic heterocycles. The second-order valence-electron chi connectivity index (χ2n) is 2.29. The zero-order valence-electron chi connectivity index (χ0n) is 6.54. The minimum absolute atomic E-state index is 0.278. The van der Waals surface area contributed by atoms with Gasteiger partial charge >= 0.3 is 5.97 Å². The molecule has 0 bridgehead atoms. The summed E-state index contributed by atoms with van der Waals surface area (Å²) in [4.78, 5) is 14.7. The van der Waals surface area contributed by atoms with Gasteiger partial charge in [-0.2, -0.15) is 0 Å². The smallest absolute Gasteiger partial charge is 0.337 e. The first kappa shape index (κ1) is 9.19. The molecule has 0 aliphatic rings. The van der Waals surface area contributed by atoms with Crippen LogP contribution in [0.3, 0.4) is 0 Å². The van der Waals surface area contributed by atoms with Crippen LogP contribution in [0.4, 0.5) is 0 Å². The molecular weight excluding hydrogens is 222 g/mol. The zero-order chi connectivity index (χ0) is 9.14. The van der Waals surface area contributed by atoms with Crippen molar-refractivity contribution in [3.8, 4) is 0 Å². The molecule has 1 N–H and O–H groups in total. The Bertz CT molecular complexity index is 312. The molecular formula is C8H8BrNO2. The van der Waals surface area contributed by atoms with Crippen molar-refractivity contribution in [3.63, 3.8) is 0 Å². The predicted octanol–water partition coefficient (Wildman–Crippen LogP) is 2.10. The molecule has 0 fully saturated rings. The third-order valence-corrected chi connectivity index (χ3v) is 1.95. The third kappa shape index (κ3) is 1.82. The highest BCUT2D eigenvalue weighted by Crippen LogP contribution is 2.12. The van der Waals surface area contributed by atoms with E-state index in [4.69, 9.17) is 5.11 Å². The van der Waals surface area contributed by atoms with Gasteiger partial charge in [0.1, 0.15) is 4.60 Å². The first-order valence-electron chi connectivity index (χ1n) is 3.54. The molecule has 0 spiro atoms. The minimum Gasteiger partial charge on any atom is -0.478 e. The van der Waals surface area contributed by atoms with Crippen LogP contribution in [-0.4, -0.2) is 16.1 Å². The maximum Gasteiger partial charge on any atom is 0.337 e. The first-order valence-corrected chi connectivity index (χ1v) is 4.33. The maximum atomic E-state index is 10.6. The number of pyridine rings is 1. The molecule has 1 aromatic heterocycles. The molecule has 0 saturated carbocycles. The number of nitrogens with zero attached hydrogens (tertiary/aromatic N) is 1. The molecule has 1 aromatic rings. The SMILES string of the molecule is CCc1nc(Br)ccc1C(=O)O. The fraction of sp³-hybridized carbons (Fsp3) is 0.250. The maximum absolute atomic E-state index is 10.6. The summed E-state index contributed by atoms with van der Waals surface area (Å²) in [7, 11) is 0. The minimum atomic E-state index is -0.924. The van der Waals surface area contributed by atoms with Crippen molar-refractivity contribution in [1.82, 2.24) is 4.98 Å². The molecule has 1 heterocycles. The average Bonchev–Trinajstić information content (AvgIpc) is 2.03. The van der Waals surface area contributed by atoms with Crippen molar-refractivity contribution in [2.45, 2.75) is 13.3 Å². The van der Waals surface area contributed by atoms with Crippen LogP contribution in [0.5, 0.6) is 0 Å². The normalized spacial score (nSPS) is 9.83. The second-order valence-corrected chi connectivity index (χ2v) is 3.10. The Labute approximate surface area is 78.6 Å². The summed E-state index contributed by atoms with van der Waals surface area (Å²) in [5.74, 6) is -0.924. The number of aromatic nitrogens is 1. The molecule has 0 atom stereocenters. The summed E-state index contributed by atoms with van der Waals surface area (Å²) in [6.45, 7) is 1.88. The van der Waals surface area contributed by atoms with Crippen LogP contribution < -0.4 is 0 Å². The van der Waals surface area contributed by atoms with Crippen LogP contribution in [0.15, 0.2) is 16.7 Å². The van der Waals surface area contributed by atoms with Crippen LogP contribution in [0.1, 0.15) is 23.0 Å². The lowest BCUT2D eigenvalue weighted by atomic mass is 10.1. The fourth-order valence-corrected chi connectivity index (χ4v) is 1.29. The molecule has 0 aliphatic carbocycles. The van der Waals surface area contributed by atoms with E-state index in [0.717, 1.165) is 0 Å². The predicted molar refractivity (Wildman–Crippen MR) is 48.3 cm³/mol. The highest BCUT2D eigenvalue weighted by molar-refractivity contribution is 9.10. The molecule has 0 unspecified atom stereocenters. The Morgan fingerprint density at radius 3 is 2.83 bits per heavy atom. The molecule has 0 saturated heterocycles. The van der Waals surface area contributed by atoms with E-state index in [1.54, 1.807) is 12.1 Å². The second kappa shape index (κ2) is 3.67. The van der Waals surface area contributed by atoms with E-state index in [-0.39, 0.29) is 5.56 Å². The molecule has 0 aromatic carbocycles. The van der Waals surface area contributed by atoms with E-state index in [1.165, 1.54) is 0 Å². The van der Waals surface area contributed by atoms with E-state index < -0.39 is 5.97 Å². The van der Waals surface area contributed by atoms with Gasteiger partial charge in [0.25, 0.3) is 0 Å². The Hall–Kier alpha value is -0.900. The van der Waals surface area contributed by atoms with Crippen LogP contribution in [-0.2, 0) is 6.42 Å². The summed E-state index contributed by atoms with van der Waals surface area (Å²) in [5.41, 5.74) is 0.887. The largest absolute Gasteiger partial charge is 0.478 e. The molecule has 0 radical (unpaired) electrons. The quantitative estimate of drug-likeness (QED) is 0.791. The highest BCUT2D eigenvalue weighted by atomic mass is 79.9. The molecule has 0 amide bonds. The molecule has 64 valence electrons. The Kier molecular flexibility index (Phi) is 2.81. The average molecular weight is 230 g/mol. The lowest BCUT2D eigenvalue weighted by Crippen LogP contribution is -2.03. The summed E-state index contributed by atoms with van der Waals surface area (Å²) >= 11 is 3.18. The van der Waals surface area contributed by atoms with Gasteiger partial charge in [-0.1, -0.05) is 6.92 Å². The Morgan fingerprint density at radius 1 is 1.67 bits per heavy atom. The Balaban J connectivity index is 3.20. The number of carbonyl (C=O) groups is 1. The van der Waals surface area contributed by atoms with Crippen LogP contribution in [0.2, 0.25) is 0 Å². The zero-order valence-corrected chi connectivity index (χ0v) is 8.13. The fourth-order valence-electron chi connectivity index (χ4n) is 0.939. The van der Waals surface area contributed by atoms with Crippen LogP contribution in [0.25, 0.3) is 0 Å². The summed E-state index contributed by atoms with van der Waals surface area (Å²) < 4.78 is 0.671. The van der Waals surface area contributed by atoms with Crippen molar-refractivity contribution >= 4 is 21.9 Å².